The SMILES string of the molecule is C=CCOC(=O)CNCCN. The van der Waals surface area contributed by atoms with Gasteiger partial charge in [0, 0.05) is 13.1 Å². The molecule has 0 aromatic carbocycles. The average molecular weight is 158 g/mol. The van der Waals surface area contributed by atoms with Gasteiger partial charge in [0.25, 0.3) is 0 Å². The van der Waals surface area contributed by atoms with Crippen LogP contribution in [0.3, 0.4) is 0 Å². The zero-order valence-corrected chi connectivity index (χ0v) is 6.51. The van der Waals surface area contributed by atoms with Crippen LogP contribution in [0.4, 0.5) is 0 Å². The van der Waals surface area contributed by atoms with E-state index in [-0.39, 0.29) is 19.1 Å². The van der Waals surface area contributed by atoms with Gasteiger partial charge in [-0.05, 0) is 0 Å². The number of ether oxygens (including phenoxy) is 1. The van der Waals surface area contributed by atoms with Gasteiger partial charge in [0.2, 0.25) is 0 Å². The van der Waals surface area contributed by atoms with Gasteiger partial charge in [0.05, 0.1) is 6.54 Å². The van der Waals surface area contributed by atoms with Crippen molar-refractivity contribution < 1.29 is 9.53 Å². The fourth-order valence-corrected chi connectivity index (χ4v) is 0.495. The van der Waals surface area contributed by atoms with E-state index in [9.17, 15) is 4.79 Å². The summed E-state index contributed by atoms with van der Waals surface area (Å²) < 4.78 is 4.68. The van der Waals surface area contributed by atoms with Crippen LogP contribution in [0, 0.1) is 0 Å². The van der Waals surface area contributed by atoms with Crippen molar-refractivity contribution >= 4 is 5.97 Å². The summed E-state index contributed by atoms with van der Waals surface area (Å²) in [6.45, 7) is 5.04. The molecule has 0 aliphatic carbocycles. The first-order chi connectivity index (χ1) is 5.31. The predicted octanol–water partition coefficient (Wildman–Crippen LogP) is -0.736. The highest BCUT2D eigenvalue weighted by Crippen LogP contribution is 1.76. The molecule has 0 radical (unpaired) electrons. The van der Waals surface area contributed by atoms with Gasteiger partial charge in [-0.15, -0.1) is 0 Å². The number of hydrogen-bond acceptors (Lipinski definition) is 4. The first kappa shape index (κ1) is 10.1. The lowest BCUT2D eigenvalue weighted by molar-refractivity contribution is -0.141. The van der Waals surface area contributed by atoms with Crippen molar-refractivity contribution in [1.82, 2.24) is 5.32 Å². The van der Waals surface area contributed by atoms with Crippen LogP contribution in [0.15, 0.2) is 12.7 Å². The maximum atomic E-state index is 10.7. The molecule has 3 N–H and O–H groups in total. The number of carbonyl (C=O) groups is 1. The summed E-state index contributed by atoms with van der Waals surface area (Å²) in [7, 11) is 0. The maximum absolute atomic E-state index is 10.7. The second kappa shape index (κ2) is 7.24. The number of carbonyl (C=O) groups excluding carboxylic acids is 1. The van der Waals surface area contributed by atoms with Gasteiger partial charge >= 0.3 is 5.97 Å². The molecule has 0 bridgehead atoms. The molecule has 0 amide bonds. The van der Waals surface area contributed by atoms with Gasteiger partial charge in [0.15, 0.2) is 0 Å². The molecule has 0 rings (SSSR count). The Bertz CT molecular complexity index is 126. The van der Waals surface area contributed by atoms with Crippen molar-refractivity contribution in [1.29, 1.82) is 0 Å². The van der Waals surface area contributed by atoms with E-state index in [4.69, 9.17) is 5.73 Å². The van der Waals surface area contributed by atoms with Crippen LogP contribution in [0.2, 0.25) is 0 Å². The summed E-state index contributed by atoms with van der Waals surface area (Å²) in [5.74, 6) is -0.279. The summed E-state index contributed by atoms with van der Waals surface area (Å²) in [4.78, 5) is 10.7. The van der Waals surface area contributed by atoms with Gasteiger partial charge in [-0.25, -0.2) is 0 Å². The van der Waals surface area contributed by atoms with E-state index >= 15 is 0 Å². The third-order valence-corrected chi connectivity index (χ3v) is 0.953. The van der Waals surface area contributed by atoms with E-state index in [1.54, 1.807) is 0 Å². The Morgan fingerprint density at radius 2 is 2.45 bits per heavy atom. The van der Waals surface area contributed by atoms with Gasteiger partial charge in [0.1, 0.15) is 6.61 Å². The van der Waals surface area contributed by atoms with Crippen molar-refractivity contribution in [3.05, 3.63) is 12.7 Å². The standard InChI is InChI=1S/C7H14N2O2/c1-2-5-11-7(10)6-9-4-3-8/h2,9H,1,3-6,8H2. The Morgan fingerprint density at radius 3 is 3.00 bits per heavy atom. The topological polar surface area (TPSA) is 64.3 Å². The van der Waals surface area contributed by atoms with Crippen LogP contribution >= 0.6 is 0 Å². The summed E-state index contributed by atoms with van der Waals surface area (Å²) in [6, 6.07) is 0. The molecule has 0 aromatic heterocycles. The molecular weight excluding hydrogens is 144 g/mol. The molecule has 4 heteroatoms. The van der Waals surface area contributed by atoms with Gasteiger partial charge in [-0.3, -0.25) is 4.79 Å². The lowest BCUT2D eigenvalue weighted by atomic mass is 10.6. The number of nitrogens with one attached hydrogen (secondary N) is 1. The van der Waals surface area contributed by atoms with E-state index in [0.29, 0.717) is 13.1 Å². The van der Waals surface area contributed by atoms with E-state index in [1.807, 2.05) is 0 Å². The molecule has 0 heterocycles. The quantitative estimate of drug-likeness (QED) is 0.304. The summed E-state index contributed by atoms with van der Waals surface area (Å²) in [6.07, 6.45) is 1.53. The largest absolute Gasteiger partial charge is 0.461 e. The molecule has 0 aliphatic rings. The molecule has 0 aliphatic heterocycles. The molecule has 0 unspecified atom stereocenters. The Labute approximate surface area is 66.4 Å². The molecule has 0 spiro atoms. The predicted molar refractivity (Wildman–Crippen MR) is 43.1 cm³/mol. The van der Waals surface area contributed by atoms with Crippen LogP contribution < -0.4 is 11.1 Å². The summed E-state index contributed by atoms with van der Waals surface area (Å²) in [5, 5.41) is 2.81. The zero-order valence-electron chi connectivity index (χ0n) is 6.51. The Morgan fingerprint density at radius 1 is 1.73 bits per heavy atom. The van der Waals surface area contributed by atoms with Crippen LogP contribution in [0.25, 0.3) is 0 Å². The molecule has 11 heavy (non-hydrogen) atoms. The van der Waals surface area contributed by atoms with Crippen molar-refractivity contribution in [3.8, 4) is 0 Å². The number of hydrogen-bond donors (Lipinski definition) is 2. The Hall–Kier alpha value is -0.870. The number of esters is 1. The van der Waals surface area contributed by atoms with Crippen molar-refractivity contribution in [2.45, 2.75) is 0 Å². The minimum Gasteiger partial charge on any atom is -0.461 e. The highest BCUT2D eigenvalue weighted by Gasteiger charge is 1.98. The molecule has 4 nitrogen and oxygen atoms in total. The van der Waals surface area contributed by atoms with Gasteiger partial charge < -0.3 is 15.8 Å². The average Bonchev–Trinajstić information content (AvgIpc) is 2.01. The van der Waals surface area contributed by atoms with Crippen molar-refractivity contribution in [2.24, 2.45) is 5.73 Å². The van der Waals surface area contributed by atoms with Crippen molar-refractivity contribution in [3.63, 3.8) is 0 Å². The fourth-order valence-electron chi connectivity index (χ4n) is 0.495. The Balaban J connectivity index is 3.15. The molecule has 64 valence electrons. The maximum Gasteiger partial charge on any atom is 0.320 e. The second-order valence-electron chi connectivity index (χ2n) is 1.94. The lowest BCUT2D eigenvalue weighted by Gasteiger charge is -2.01. The molecule has 0 saturated carbocycles. The summed E-state index contributed by atoms with van der Waals surface area (Å²) in [5.41, 5.74) is 5.18. The first-order valence-electron chi connectivity index (χ1n) is 3.48. The van der Waals surface area contributed by atoms with Crippen LogP contribution in [0.1, 0.15) is 0 Å². The normalized spacial score (nSPS) is 9.18. The van der Waals surface area contributed by atoms with E-state index < -0.39 is 0 Å². The highest BCUT2D eigenvalue weighted by molar-refractivity contribution is 5.71. The molecule has 0 aromatic rings. The minimum absolute atomic E-state index is 0.213. The monoisotopic (exact) mass is 158 g/mol. The summed E-state index contributed by atoms with van der Waals surface area (Å²) >= 11 is 0. The molecule has 0 fully saturated rings. The smallest absolute Gasteiger partial charge is 0.320 e. The highest BCUT2D eigenvalue weighted by atomic mass is 16.5. The second-order valence-corrected chi connectivity index (χ2v) is 1.94. The molecule has 0 atom stereocenters. The molecule has 0 saturated heterocycles. The van der Waals surface area contributed by atoms with E-state index in [2.05, 4.69) is 16.6 Å². The van der Waals surface area contributed by atoms with Crippen molar-refractivity contribution in [2.75, 3.05) is 26.2 Å². The third kappa shape index (κ3) is 7.02. The number of rotatable bonds is 6. The molecular formula is C7H14N2O2. The Kier molecular flexibility index (Phi) is 6.67. The third-order valence-electron chi connectivity index (χ3n) is 0.953. The van der Waals surface area contributed by atoms with E-state index in [1.165, 1.54) is 6.08 Å². The van der Waals surface area contributed by atoms with E-state index in [0.717, 1.165) is 0 Å². The van der Waals surface area contributed by atoms with Crippen LogP contribution in [-0.2, 0) is 9.53 Å². The fraction of sp³-hybridized carbons (Fsp3) is 0.571. The van der Waals surface area contributed by atoms with Gasteiger partial charge in [-0.2, -0.15) is 0 Å². The number of nitrogens with two attached hydrogens (primary N) is 1. The van der Waals surface area contributed by atoms with Crippen LogP contribution in [-0.4, -0.2) is 32.2 Å². The van der Waals surface area contributed by atoms with Gasteiger partial charge in [-0.1, -0.05) is 12.7 Å². The first-order valence-corrected chi connectivity index (χ1v) is 3.48. The van der Waals surface area contributed by atoms with Crippen LogP contribution in [0.5, 0.6) is 0 Å². The zero-order chi connectivity index (χ0) is 8.53. The minimum atomic E-state index is -0.279. The lowest BCUT2D eigenvalue weighted by Crippen LogP contribution is -2.29.